The van der Waals surface area contributed by atoms with Gasteiger partial charge < -0.3 is 4.42 Å². The van der Waals surface area contributed by atoms with Crippen molar-refractivity contribution in [2.24, 2.45) is 5.10 Å². The van der Waals surface area contributed by atoms with Crippen molar-refractivity contribution in [1.82, 2.24) is 0 Å². The van der Waals surface area contributed by atoms with Gasteiger partial charge in [0.15, 0.2) is 0 Å². The van der Waals surface area contributed by atoms with Crippen LogP contribution in [0.3, 0.4) is 0 Å². The van der Waals surface area contributed by atoms with Crippen LogP contribution in [0.4, 0.5) is 11.4 Å². The number of hydrazone groups is 1. The number of non-ortho nitro benzene ring substituents is 1. The Morgan fingerprint density at radius 2 is 1.84 bits per heavy atom. The van der Waals surface area contributed by atoms with Crippen LogP contribution >= 0.6 is 23.2 Å². The fourth-order valence-corrected chi connectivity index (χ4v) is 2.46. The molecule has 8 heteroatoms. The molecule has 0 aliphatic carbocycles. The maximum atomic E-state index is 10.6. The second-order valence-electron chi connectivity index (χ2n) is 5.00. The number of nitrogens with zero attached hydrogens (tertiary/aromatic N) is 2. The summed E-state index contributed by atoms with van der Waals surface area (Å²) >= 11 is 12.1. The predicted molar refractivity (Wildman–Crippen MR) is 98.5 cm³/mol. The molecule has 126 valence electrons. The van der Waals surface area contributed by atoms with Crippen LogP contribution < -0.4 is 5.43 Å². The number of nitrogens with one attached hydrogen (secondary N) is 1. The van der Waals surface area contributed by atoms with Gasteiger partial charge in [0.05, 0.1) is 21.8 Å². The minimum Gasteiger partial charge on any atom is -0.455 e. The zero-order chi connectivity index (χ0) is 17.8. The summed E-state index contributed by atoms with van der Waals surface area (Å²) in [5, 5.41) is 15.7. The lowest BCUT2D eigenvalue weighted by Gasteiger charge is -2.01. The maximum absolute atomic E-state index is 10.6. The molecule has 3 rings (SSSR count). The highest BCUT2D eigenvalue weighted by Crippen LogP contribution is 2.31. The third-order valence-corrected chi connectivity index (χ3v) is 3.85. The Bertz CT molecular complexity index is 937. The highest BCUT2D eigenvalue weighted by molar-refractivity contribution is 6.35. The summed E-state index contributed by atoms with van der Waals surface area (Å²) in [6.07, 6.45) is 1.49. The van der Waals surface area contributed by atoms with Crippen LogP contribution in [0, 0.1) is 10.1 Å². The minimum atomic E-state index is -0.460. The first kappa shape index (κ1) is 17.0. The third kappa shape index (κ3) is 4.17. The van der Waals surface area contributed by atoms with Gasteiger partial charge in [-0.25, -0.2) is 0 Å². The van der Waals surface area contributed by atoms with Gasteiger partial charge in [0, 0.05) is 22.7 Å². The van der Waals surface area contributed by atoms with Crippen molar-refractivity contribution in [1.29, 1.82) is 0 Å². The smallest absolute Gasteiger partial charge is 0.269 e. The molecule has 6 nitrogen and oxygen atoms in total. The van der Waals surface area contributed by atoms with Gasteiger partial charge in [0.2, 0.25) is 0 Å². The summed E-state index contributed by atoms with van der Waals surface area (Å²) in [6, 6.07) is 14.5. The molecule has 3 aromatic rings. The highest BCUT2D eigenvalue weighted by atomic mass is 35.5. The molecule has 0 radical (unpaired) electrons. The highest BCUT2D eigenvalue weighted by Gasteiger charge is 2.09. The van der Waals surface area contributed by atoms with Gasteiger partial charge in [0.1, 0.15) is 11.5 Å². The van der Waals surface area contributed by atoms with Crippen LogP contribution in [0.1, 0.15) is 5.76 Å². The molecular formula is C17H11Cl2N3O3. The Morgan fingerprint density at radius 1 is 1.08 bits per heavy atom. The molecule has 2 aromatic carbocycles. The summed E-state index contributed by atoms with van der Waals surface area (Å²) in [7, 11) is 0. The SMILES string of the molecule is O=[N+]([O-])c1ccc(N/N=C/c2ccc(-c3cc(Cl)ccc3Cl)o2)cc1. The second-order valence-corrected chi connectivity index (χ2v) is 5.84. The van der Waals surface area contributed by atoms with Gasteiger partial charge >= 0.3 is 0 Å². The number of nitro benzene ring substituents is 1. The molecule has 1 heterocycles. The fourth-order valence-electron chi connectivity index (χ4n) is 2.08. The molecule has 0 saturated heterocycles. The van der Waals surface area contributed by atoms with Gasteiger partial charge in [-0.15, -0.1) is 0 Å². The second kappa shape index (κ2) is 7.38. The number of anilines is 1. The van der Waals surface area contributed by atoms with Crippen molar-refractivity contribution < 1.29 is 9.34 Å². The van der Waals surface area contributed by atoms with Crippen molar-refractivity contribution in [2.45, 2.75) is 0 Å². The lowest BCUT2D eigenvalue weighted by Crippen LogP contribution is -1.91. The third-order valence-electron chi connectivity index (χ3n) is 3.28. The Balaban J connectivity index is 1.69. The van der Waals surface area contributed by atoms with Gasteiger partial charge in [-0.3, -0.25) is 15.5 Å². The summed E-state index contributed by atoms with van der Waals surface area (Å²) < 4.78 is 5.67. The number of hydrogen-bond donors (Lipinski definition) is 1. The van der Waals surface area contributed by atoms with Crippen molar-refractivity contribution in [2.75, 3.05) is 5.43 Å². The van der Waals surface area contributed by atoms with Gasteiger partial charge in [-0.05, 0) is 42.5 Å². The standard InChI is InChI=1S/C17H11Cl2N3O3/c18-11-1-7-16(19)15(9-11)17-8-6-14(25-17)10-20-21-12-2-4-13(5-3-12)22(23)24/h1-10,21H/b20-10+. The molecule has 0 spiro atoms. The summed E-state index contributed by atoms with van der Waals surface area (Å²) in [4.78, 5) is 10.1. The van der Waals surface area contributed by atoms with Crippen molar-refractivity contribution in [3.63, 3.8) is 0 Å². The first-order valence-electron chi connectivity index (χ1n) is 7.12. The van der Waals surface area contributed by atoms with E-state index < -0.39 is 4.92 Å². The monoisotopic (exact) mass is 375 g/mol. The van der Waals surface area contributed by atoms with Crippen molar-refractivity contribution >= 4 is 40.8 Å². The molecule has 0 aliphatic heterocycles. The van der Waals surface area contributed by atoms with Gasteiger partial charge in [0.25, 0.3) is 5.69 Å². The summed E-state index contributed by atoms with van der Waals surface area (Å²) in [5.41, 5.74) is 4.09. The first-order chi connectivity index (χ1) is 12.0. The average molecular weight is 376 g/mol. The maximum Gasteiger partial charge on any atom is 0.269 e. The number of rotatable bonds is 5. The van der Waals surface area contributed by atoms with E-state index in [-0.39, 0.29) is 5.69 Å². The summed E-state index contributed by atoms with van der Waals surface area (Å²) in [6.45, 7) is 0. The Morgan fingerprint density at radius 3 is 2.56 bits per heavy atom. The van der Waals surface area contributed by atoms with E-state index in [0.717, 1.165) is 0 Å². The largest absolute Gasteiger partial charge is 0.455 e. The molecule has 25 heavy (non-hydrogen) atoms. The molecule has 0 saturated carbocycles. The normalized spacial score (nSPS) is 11.0. The van der Waals surface area contributed by atoms with Crippen LogP contribution in [-0.2, 0) is 0 Å². The van der Waals surface area contributed by atoms with Gasteiger partial charge in [-0.1, -0.05) is 23.2 Å². The quantitative estimate of drug-likeness (QED) is 0.357. The van der Waals surface area contributed by atoms with E-state index in [1.165, 1.54) is 18.3 Å². The number of hydrogen-bond acceptors (Lipinski definition) is 5. The molecule has 0 aliphatic rings. The summed E-state index contributed by atoms with van der Waals surface area (Å²) in [5.74, 6) is 1.09. The van der Waals surface area contributed by atoms with E-state index in [2.05, 4.69) is 10.5 Å². The van der Waals surface area contributed by atoms with Crippen LogP contribution in [0.5, 0.6) is 0 Å². The molecule has 0 bridgehead atoms. The van der Waals surface area contributed by atoms with Crippen molar-refractivity contribution in [3.8, 4) is 11.3 Å². The average Bonchev–Trinajstić information content (AvgIpc) is 3.06. The van der Waals surface area contributed by atoms with E-state index in [9.17, 15) is 10.1 Å². The van der Waals surface area contributed by atoms with E-state index >= 15 is 0 Å². The van der Waals surface area contributed by atoms with E-state index in [1.807, 2.05) is 0 Å². The first-order valence-corrected chi connectivity index (χ1v) is 7.87. The number of benzene rings is 2. The predicted octanol–water partition coefficient (Wildman–Crippen LogP) is 5.61. The van der Waals surface area contributed by atoms with Crippen LogP contribution in [0.2, 0.25) is 10.0 Å². The number of nitro groups is 1. The van der Waals surface area contributed by atoms with Crippen LogP contribution in [-0.4, -0.2) is 11.1 Å². The minimum absolute atomic E-state index is 0.0172. The zero-order valence-electron chi connectivity index (χ0n) is 12.6. The molecule has 0 amide bonds. The molecule has 0 atom stereocenters. The molecule has 0 fully saturated rings. The molecular weight excluding hydrogens is 365 g/mol. The van der Waals surface area contributed by atoms with E-state index in [4.69, 9.17) is 27.6 Å². The van der Waals surface area contributed by atoms with E-state index in [0.29, 0.717) is 32.8 Å². The molecule has 0 unspecified atom stereocenters. The fraction of sp³-hybridized carbons (Fsp3) is 0. The van der Waals surface area contributed by atoms with Gasteiger partial charge in [-0.2, -0.15) is 5.10 Å². The van der Waals surface area contributed by atoms with Crippen LogP contribution in [0.15, 0.2) is 64.1 Å². The number of furan rings is 1. The topological polar surface area (TPSA) is 80.7 Å². The Labute approximate surface area is 152 Å². The zero-order valence-corrected chi connectivity index (χ0v) is 14.2. The number of halogens is 2. The Kier molecular flexibility index (Phi) is 5.02. The van der Waals surface area contributed by atoms with Crippen LogP contribution in [0.25, 0.3) is 11.3 Å². The lowest BCUT2D eigenvalue weighted by molar-refractivity contribution is -0.384. The lowest BCUT2D eigenvalue weighted by atomic mass is 10.2. The molecule has 1 aromatic heterocycles. The van der Waals surface area contributed by atoms with E-state index in [1.54, 1.807) is 42.5 Å². The molecule has 1 N–H and O–H groups in total. The Hall–Kier alpha value is -2.83. The van der Waals surface area contributed by atoms with Crippen molar-refractivity contribution in [3.05, 3.63) is 80.5 Å².